The summed E-state index contributed by atoms with van der Waals surface area (Å²) >= 11 is 7.38. The molecule has 0 aliphatic heterocycles. The maximum Gasteiger partial charge on any atom is 0.257 e. The number of nitrogens with one attached hydrogen (secondary N) is 2. The van der Waals surface area contributed by atoms with Gasteiger partial charge in [0.25, 0.3) is 5.91 Å². The number of amides is 2. The van der Waals surface area contributed by atoms with E-state index in [-0.39, 0.29) is 46.9 Å². The van der Waals surface area contributed by atoms with Crippen LogP contribution in [0.3, 0.4) is 0 Å². The second-order valence-corrected chi connectivity index (χ2v) is 13.3. The second-order valence-electron chi connectivity index (χ2n) is 11.8. The van der Waals surface area contributed by atoms with Gasteiger partial charge in [-0.1, -0.05) is 44.7 Å². The minimum absolute atomic E-state index is 0.0246. The summed E-state index contributed by atoms with van der Waals surface area (Å²) in [5, 5.41) is 28.3. The fourth-order valence-corrected chi connectivity index (χ4v) is 8.37. The fourth-order valence-electron chi connectivity index (χ4n) is 7.13. The van der Waals surface area contributed by atoms with Crippen LogP contribution in [0.1, 0.15) is 92.1 Å². The largest absolute Gasteiger partial charge is 0.396 e. The van der Waals surface area contributed by atoms with Crippen LogP contribution in [0.4, 0.5) is 5.13 Å². The highest BCUT2D eigenvalue weighted by atomic mass is 35.5. The fraction of sp³-hybridized carbons (Fsp3) is 0.643. The molecule has 2 saturated carbocycles. The molecule has 2 amide bonds. The van der Waals surface area contributed by atoms with Gasteiger partial charge in [0.15, 0.2) is 5.13 Å². The summed E-state index contributed by atoms with van der Waals surface area (Å²) < 4.78 is 0. The lowest BCUT2D eigenvalue weighted by Crippen LogP contribution is -2.57. The Labute approximate surface area is 232 Å². The Morgan fingerprint density at radius 1 is 1.21 bits per heavy atom. The average Bonchev–Trinajstić information content (AvgIpc) is 3.30. The van der Waals surface area contributed by atoms with E-state index in [9.17, 15) is 19.8 Å². The number of hydrogen-bond acceptors (Lipinski definition) is 7. The van der Waals surface area contributed by atoms with Gasteiger partial charge < -0.3 is 15.5 Å². The summed E-state index contributed by atoms with van der Waals surface area (Å²) in [6.45, 7) is 4.02. The first-order valence-corrected chi connectivity index (χ1v) is 14.8. The van der Waals surface area contributed by atoms with E-state index in [1.807, 2.05) is 6.92 Å². The highest BCUT2D eigenvalue weighted by Gasteiger charge is 2.59. The van der Waals surface area contributed by atoms with E-state index in [4.69, 9.17) is 16.6 Å². The van der Waals surface area contributed by atoms with Gasteiger partial charge in [-0.05, 0) is 55.6 Å². The average molecular weight is 561 g/mol. The van der Waals surface area contributed by atoms with Gasteiger partial charge in [0.1, 0.15) is 5.15 Å². The summed E-state index contributed by atoms with van der Waals surface area (Å²) in [6.07, 6.45) is 8.64. The number of thiazole rings is 1. The van der Waals surface area contributed by atoms with Crippen molar-refractivity contribution < 1.29 is 19.8 Å². The van der Waals surface area contributed by atoms with Gasteiger partial charge in [-0.2, -0.15) is 0 Å². The Morgan fingerprint density at radius 3 is 2.68 bits per heavy atom. The Bertz CT molecular complexity index is 1200. The molecule has 0 saturated heterocycles. The summed E-state index contributed by atoms with van der Waals surface area (Å²) in [4.78, 5) is 36.1. The molecule has 2 aromatic heterocycles. The number of aliphatic hydroxyl groups excluding tert-OH is 2. The van der Waals surface area contributed by atoms with Gasteiger partial charge >= 0.3 is 0 Å². The molecule has 2 fully saturated rings. The lowest BCUT2D eigenvalue weighted by molar-refractivity contribution is -0.144. The second kappa shape index (κ2) is 10.8. The van der Waals surface area contributed by atoms with Crippen LogP contribution < -0.4 is 10.6 Å². The van der Waals surface area contributed by atoms with E-state index in [1.54, 1.807) is 6.07 Å². The van der Waals surface area contributed by atoms with Crippen LogP contribution in [0.25, 0.3) is 0 Å². The third-order valence-corrected chi connectivity index (χ3v) is 10.7. The Kier molecular flexibility index (Phi) is 7.84. The number of carbonyl (C=O) groups excluding carboxylic acids is 2. The molecular weight excluding hydrogens is 524 g/mol. The smallest absolute Gasteiger partial charge is 0.257 e. The van der Waals surface area contributed by atoms with Crippen molar-refractivity contribution in [3.05, 3.63) is 39.6 Å². The predicted octanol–water partition coefficient (Wildman–Crippen LogP) is 4.70. The summed E-state index contributed by atoms with van der Waals surface area (Å²) in [5.41, 5.74) is 0.219. The lowest BCUT2D eigenvalue weighted by Gasteiger charge is -2.58. The van der Waals surface area contributed by atoms with Crippen LogP contribution in [-0.2, 0) is 11.2 Å². The first kappa shape index (κ1) is 27.5. The van der Waals surface area contributed by atoms with Crippen molar-refractivity contribution >= 4 is 39.9 Å². The summed E-state index contributed by atoms with van der Waals surface area (Å²) in [7, 11) is 0. The van der Waals surface area contributed by atoms with E-state index in [2.05, 4.69) is 22.5 Å². The van der Waals surface area contributed by atoms with Crippen LogP contribution in [0.5, 0.6) is 0 Å². The highest BCUT2D eigenvalue weighted by Crippen LogP contribution is 2.62. The van der Waals surface area contributed by atoms with E-state index >= 15 is 0 Å². The molecule has 0 aromatic carbocycles. The Morgan fingerprint density at radius 2 is 1.97 bits per heavy atom. The molecule has 0 spiro atoms. The highest BCUT2D eigenvalue weighted by molar-refractivity contribution is 7.15. The molecule has 2 aromatic rings. The standard InChI is InChI=1S/C28H37ClN4O4S/c1-27-10-8-21(35)28(2,15-34)20(27)14-19-24(18(27)13-23(36)31-17-6-4-3-5-7-17)32-26(38-19)33-25(37)16-9-11-30-22(29)12-16/h9,11-12,17-18,20-21,34-35H,3-8,10,13-15H2,1-2H3,(H,31,36)(H,32,33,37). The van der Waals surface area contributed by atoms with Gasteiger partial charge in [0.2, 0.25) is 5.91 Å². The molecule has 10 heteroatoms. The summed E-state index contributed by atoms with van der Waals surface area (Å²) in [6, 6.07) is 3.32. The van der Waals surface area contributed by atoms with Crippen LogP contribution in [0.2, 0.25) is 5.15 Å². The topological polar surface area (TPSA) is 124 Å². The van der Waals surface area contributed by atoms with Crippen molar-refractivity contribution in [2.45, 2.75) is 89.7 Å². The maximum atomic E-state index is 13.4. The number of carbonyl (C=O) groups is 2. The van der Waals surface area contributed by atoms with Crippen molar-refractivity contribution in [2.24, 2.45) is 16.7 Å². The van der Waals surface area contributed by atoms with Gasteiger partial charge in [-0.3, -0.25) is 14.9 Å². The molecule has 5 rings (SSSR count). The number of hydrogen-bond donors (Lipinski definition) is 4. The number of halogens is 1. The van der Waals surface area contributed by atoms with Crippen molar-refractivity contribution in [3.8, 4) is 0 Å². The lowest BCUT2D eigenvalue weighted by atomic mass is 9.47. The van der Waals surface area contributed by atoms with Crippen LogP contribution >= 0.6 is 22.9 Å². The molecule has 0 radical (unpaired) electrons. The number of rotatable bonds is 6. The van der Waals surface area contributed by atoms with Gasteiger partial charge in [0.05, 0.1) is 18.4 Å². The van der Waals surface area contributed by atoms with E-state index in [1.165, 1.54) is 30.0 Å². The molecule has 4 N–H and O–H groups in total. The molecule has 2 heterocycles. The van der Waals surface area contributed by atoms with Crippen LogP contribution in [0.15, 0.2) is 18.3 Å². The minimum atomic E-state index is -0.691. The van der Waals surface area contributed by atoms with E-state index in [0.29, 0.717) is 30.0 Å². The zero-order valence-electron chi connectivity index (χ0n) is 22.0. The quantitative estimate of drug-likeness (QED) is 0.380. The molecular formula is C28H37ClN4O4S. The number of fused-ring (bicyclic) bond motifs is 2. The minimum Gasteiger partial charge on any atom is -0.396 e. The molecule has 8 nitrogen and oxygen atoms in total. The molecule has 0 bridgehead atoms. The van der Waals surface area contributed by atoms with Crippen LogP contribution in [-0.4, -0.2) is 50.7 Å². The van der Waals surface area contributed by atoms with Crippen LogP contribution in [0, 0.1) is 16.7 Å². The van der Waals surface area contributed by atoms with Gasteiger partial charge in [0, 0.05) is 40.4 Å². The molecule has 3 aliphatic rings. The molecule has 5 unspecified atom stereocenters. The molecule has 206 valence electrons. The van der Waals surface area contributed by atoms with E-state index in [0.717, 1.165) is 42.7 Å². The number of pyridine rings is 1. The number of nitrogens with zero attached hydrogens (tertiary/aromatic N) is 2. The Hall–Kier alpha value is -2.07. The first-order chi connectivity index (χ1) is 18.1. The van der Waals surface area contributed by atoms with Crippen molar-refractivity contribution in [2.75, 3.05) is 11.9 Å². The third kappa shape index (κ3) is 5.10. The van der Waals surface area contributed by atoms with Gasteiger partial charge in [-0.25, -0.2) is 9.97 Å². The van der Waals surface area contributed by atoms with Crippen molar-refractivity contribution in [1.29, 1.82) is 0 Å². The zero-order chi connectivity index (χ0) is 27.1. The van der Waals surface area contributed by atoms with Crippen molar-refractivity contribution in [3.63, 3.8) is 0 Å². The number of aromatic nitrogens is 2. The normalized spacial score (nSPS) is 31.2. The van der Waals surface area contributed by atoms with Crippen molar-refractivity contribution in [1.82, 2.24) is 15.3 Å². The molecule has 3 aliphatic carbocycles. The monoisotopic (exact) mass is 560 g/mol. The van der Waals surface area contributed by atoms with Gasteiger partial charge in [-0.15, -0.1) is 11.3 Å². The SMILES string of the molecule is CC1(CO)C(O)CCC2(C)C(CC(=O)NC3CCCCC3)c3nc(NC(=O)c4ccnc(Cl)c4)sc3CC12. The zero-order valence-corrected chi connectivity index (χ0v) is 23.6. The molecule has 5 atom stereocenters. The maximum absolute atomic E-state index is 13.4. The predicted molar refractivity (Wildman–Crippen MR) is 147 cm³/mol. The summed E-state index contributed by atoms with van der Waals surface area (Å²) in [5.74, 6) is -0.523. The first-order valence-electron chi connectivity index (χ1n) is 13.6. The van der Waals surface area contributed by atoms with E-state index < -0.39 is 11.5 Å². The molecule has 38 heavy (non-hydrogen) atoms. The Balaban J connectivity index is 1.46. The number of aliphatic hydroxyl groups is 2. The number of anilines is 1. The third-order valence-electron chi connectivity index (χ3n) is 9.46.